The van der Waals surface area contributed by atoms with Crippen molar-refractivity contribution in [2.45, 2.75) is 0 Å². The van der Waals surface area contributed by atoms with E-state index in [0.29, 0.717) is 34.4 Å². The lowest BCUT2D eigenvalue weighted by Crippen LogP contribution is -2.09. The molecule has 0 saturated heterocycles. The summed E-state index contributed by atoms with van der Waals surface area (Å²) >= 11 is 0. The fraction of sp³-hybridized carbons (Fsp3) is 0.0714. The molecule has 0 radical (unpaired) electrons. The molecule has 8 nitrogen and oxygen atoms in total. The SMILES string of the molecule is COc1cc(-c2ccc(NC(=O)C=Cc3ccco3)c(OC)c2)ccc1NC(=O)C=Cc1ccco1. The van der Waals surface area contributed by atoms with Gasteiger partial charge in [-0.1, -0.05) is 12.1 Å². The third-order valence-electron chi connectivity index (χ3n) is 5.14. The predicted molar refractivity (Wildman–Crippen MR) is 138 cm³/mol. The van der Waals surface area contributed by atoms with Crippen LogP contribution in [0, 0.1) is 0 Å². The van der Waals surface area contributed by atoms with Crippen molar-refractivity contribution in [3.8, 4) is 22.6 Å². The van der Waals surface area contributed by atoms with Crippen LogP contribution in [-0.4, -0.2) is 26.0 Å². The Morgan fingerprint density at radius 2 is 1.14 bits per heavy atom. The van der Waals surface area contributed by atoms with Gasteiger partial charge in [-0.05, 0) is 71.8 Å². The number of hydrogen-bond donors (Lipinski definition) is 2. The third-order valence-corrected chi connectivity index (χ3v) is 5.14. The maximum absolute atomic E-state index is 12.3. The molecule has 2 aromatic heterocycles. The quantitative estimate of drug-likeness (QED) is 0.289. The van der Waals surface area contributed by atoms with Gasteiger partial charge in [0, 0.05) is 12.2 Å². The van der Waals surface area contributed by atoms with Crippen molar-refractivity contribution >= 4 is 35.3 Å². The highest BCUT2D eigenvalue weighted by Crippen LogP contribution is 2.35. The smallest absolute Gasteiger partial charge is 0.248 e. The van der Waals surface area contributed by atoms with Crippen LogP contribution in [0.2, 0.25) is 0 Å². The van der Waals surface area contributed by atoms with Gasteiger partial charge in [0.1, 0.15) is 23.0 Å². The molecule has 0 atom stereocenters. The molecule has 0 aliphatic carbocycles. The summed E-state index contributed by atoms with van der Waals surface area (Å²) in [7, 11) is 3.06. The van der Waals surface area contributed by atoms with Crippen molar-refractivity contribution in [2.24, 2.45) is 0 Å². The zero-order chi connectivity index (χ0) is 25.3. The van der Waals surface area contributed by atoms with Gasteiger partial charge in [0.25, 0.3) is 0 Å². The Balaban J connectivity index is 1.48. The first-order chi connectivity index (χ1) is 17.6. The van der Waals surface area contributed by atoms with Crippen LogP contribution in [0.1, 0.15) is 11.5 Å². The van der Waals surface area contributed by atoms with E-state index in [9.17, 15) is 9.59 Å². The molecule has 8 heteroatoms. The first kappa shape index (κ1) is 24.2. The normalized spacial score (nSPS) is 11.1. The third kappa shape index (κ3) is 6.12. The second-order valence-electron chi connectivity index (χ2n) is 7.51. The number of furan rings is 2. The van der Waals surface area contributed by atoms with Crippen LogP contribution in [-0.2, 0) is 9.59 Å². The minimum atomic E-state index is -0.319. The predicted octanol–water partition coefficient (Wildman–Crippen LogP) is 5.86. The second-order valence-corrected chi connectivity index (χ2v) is 7.51. The molecule has 0 bridgehead atoms. The Bertz CT molecular complexity index is 1280. The number of anilines is 2. The molecule has 2 amide bonds. The van der Waals surface area contributed by atoms with E-state index in [1.54, 1.807) is 48.6 Å². The van der Waals surface area contributed by atoms with Gasteiger partial charge in [-0.15, -0.1) is 0 Å². The fourth-order valence-electron chi connectivity index (χ4n) is 3.38. The monoisotopic (exact) mass is 484 g/mol. The molecule has 0 aliphatic rings. The van der Waals surface area contributed by atoms with E-state index in [2.05, 4.69) is 10.6 Å². The second kappa shape index (κ2) is 11.4. The highest BCUT2D eigenvalue weighted by atomic mass is 16.5. The molecule has 36 heavy (non-hydrogen) atoms. The Morgan fingerprint density at radius 1 is 0.694 bits per heavy atom. The zero-order valence-electron chi connectivity index (χ0n) is 19.7. The molecule has 2 aromatic carbocycles. The number of benzene rings is 2. The van der Waals surface area contributed by atoms with Crippen LogP contribution in [0.3, 0.4) is 0 Å². The number of hydrogen-bond acceptors (Lipinski definition) is 6. The van der Waals surface area contributed by atoms with E-state index in [4.69, 9.17) is 18.3 Å². The molecule has 2 heterocycles. The summed E-state index contributed by atoms with van der Waals surface area (Å²) in [5.74, 6) is 1.50. The van der Waals surface area contributed by atoms with E-state index >= 15 is 0 Å². The highest BCUT2D eigenvalue weighted by Gasteiger charge is 2.12. The lowest BCUT2D eigenvalue weighted by atomic mass is 10.0. The summed E-state index contributed by atoms with van der Waals surface area (Å²) in [6.45, 7) is 0. The van der Waals surface area contributed by atoms with Crippen molar-refractivity contribution in [3.05, 3.63) is 96.9 Å². The maximum atomic E-state index is 12.3. The minimum Gasteiger partial charge on any atom is -0.495 e. The van der Waals surface area contributed by atoms with Crippen LogP contribution in [0.15, 0.2) is 94.2 Å². The van der Waals surface area contributed by atoms with Gasteiger partial charge >= 0.3 is 0 Å². The van der Waals surface area contributed by atoms with Crippen LogP contribution in [0.5, 0.6) is 11.5 Å². The molecular formula is C28H24N2O6. The summed E-state index contributed by atoms with van der Waals surface area (Å²) in [4.78, 5) is 24.6. The van der Waals surface area contributed by atoms with Gasteiger partial charge < -0.3 is 28.9 Å². The molecule has 4 aromatic rings. The molecular weight excluding hydrogens is 460 g/mol. The van der Waals surface area contributed by atoms with Crippen molar-refractivity contribution < 1.29 is 27.9 Å². The molecule has 0 aliphatic heterocycles. The van der Waals surface area contributed by atoms with E-state index in [-0.39, 0.29) is 11.8 Å². The summed E-state index contributed by atoms with van der Waals surface area (Å²) < 4.78 is 21.4. The summed E-state index contributed by atoms with van der Waals surface area (Å²) in [6.07, 6.45) is 9.00. The maximum Gasteiger partial charge on any atom is 0.248 e. The van der Waals surface area contributed by atoms with Crippen molar-refractivity contribution in [1.82, 2.24) is 0 Å². The van der Waals surface area contributed by atoms with E-state index in [1.807, 2.05) is 24.3 Å². The number of nitrogens with one attached hydrogen (secondary N) is 2. The van der Waals surface area contributed by atoms with Crippen LogP contribution in [0.4, 0.5) is 11.4 Å². The van der Waals surface area contributed by atoms with E-state index < -0.39 is 0 Å². The Kier molecular flexibility index (Phi) is 7.67. The number of amides is 2. The van der Waals surface area contributed by atoms with Gasteiger partial charge in [-0.2, -0.15) is 0 Å². The van der Waals surface area contributed by atoms with Gasteiger partial charge in [0.2, 0.25) is 11.8 Å². The van der Waals surface area contributed by atoms with Gasteiger partial charge in [-0.3, -0.25) is 9.59 Å². The number of carbonyl (C=O) groups is 2. The molecule has 2 N–H and O–H groups in total. The largest absolute Gasteiger partial charge is 0.495 e. The van der Waals surface area contributed by atoms with Crippen molar-refractivity contribution in [3.63, 3.8) is 0 Å². The Labute approximate surface area is 207 Å². The number of ether oxygens (including phenoxy) is 2. The average molecular weight is 485 g/mol. The topological polar surface area (TPSA) is 103 Å². The van der Waals surface area contributed by atoms with Crippen molar-refractivity contribution in [2.75, 3.05) is 24.9 Å². The minimum absolute atomic E-state index is 0.319. The number of carbonyl (C=O) groups excluding carboxylic acids is 2. The van der Waals surface area contributed by atoms with Crippen LogP contribution in [0.25, 0.3) is 23.3 Å². The van der Waals surface area contributed by atoms with Gasteiger partial charge in [0.15, 0.2) is 0 Å². The number of rotatable bonds is 9. The average Bonchev–Trinajstić information content (AvgIpc) is 3.61. The van der Waals surface area contributed by atoms with Crippen LogP contribution < -0.4 is 20.1 Å². The molecule has 0 fully saturated rings. The van der Waals surface area contributed by atoms with Crippen LogP contribution >= 0.6 is 0 Å². The molecule has 0 unspecified atom stereocenters. The summed E-state index contributed by atoms with van der Waals surface area (Å²) in [6, 6.07) is 17.8. The van der Waals surface area contributed by atoms with E-state index in [0.717, 1.165) is 11.1 Å². The van der Waals surface area contributed by atoms with E-state index in [1.165, 1.54) is 38.9 Å². The first-order valence-electron chi connectivity index (χ1n) is 11.0. The first-order valence-corrected chi connectivity index (χ1v) is 11.0. The molecule has 4 rings (SSSR count). The molecule has 182 valence electrons. The highest BCUT2D eigenvalue weighted by molar-refractivity contribution is 6.03. The molecule has 0 saturated carbocycles. The lowest BCUT2D eigenvalue weighted by molar-refractivity contribution is -0.112. The number of methoxy groups -OCH3 is 2. The van der Waals surface area contributed by atoms with Crippen molar-refractivity contribution in [1.29, 1.82) is 0 Å². The summed E-state index contributed by atoms with van der Waals surface area (Å²) in [5, 5.41) is 5.60. The van der Waals surface area contributed by atoms with Gasteiger partial charge in [-0.25, -0.2) is 0 Å². The summed E-state index contributed by atoms with van der Waals surface area (Å²) in [5.41, 5.74) is 2.72. The van der Waals surface area contributed by atoms with Gasteiger partial charge in [0.05, 0.1) is 38.1 Å². The fourth-order valence-corrected chi connectivity index (χ4v) is 3.38. The Hall–Kier alpha value is -4.98. The molecule has 0 spiro atoms. The zero-order valence-corrected chi connectivity index (χ0v) is 19.7. The lowest BCUT2D eigenvalue weighted by Gasteiger charge is -2.14. The standard InChI is InChI=1S/C28H24N2O6/c1-33-25-17-19(7-11-23(25)29-27(31)13-9-21-5-3-15-35-21)20-8-12-24(26(18-20)34-2)30-28(32)14-10-22-6-4-16-36-22/h3-18H,1-2H3,(H,29,31)(H,30,32). The Morgan fingerprint density at radius 3 is 1.50 bits per heavy atom.